The van der Waals surface area contributed by atoms with Gasteiger partial charge >= 0.3 is 5.97 Å². The number of rotatable bonds is 13. The van der Waals surface area contributed by atoms with Crippen LogP contribution >= 0.6 is 21.6 Å². The van der Waals surface area contributed by atoms with Gasteiger partial charge in [0.05, 0.1) is 6.61 Å². The van der Waals surface area contributed by atoms with Crippen LogP contribution in [-0.4, -0.2) is 23.6 Å². The largest absolute Gasteiger partial charge is 0.465 e. The highest BCUT2D eigenvalue weighted by atomic mass is 33.1. The third kappa shape index (κ3) is 14.3. The van der Waals surface area contributed by atoms with Crippen LogP contribution < -0.4 is 0 Å². The van der Waals surface area contributed by atoms with Crippen molar-refractivity contribution in [3.8, 4) is 0 Å². The van der Waals surface area contributed by atoms with Gasteiger partial charge in [-0.2, -0.15) is 0 Å². The number of carbonyl (C=O) groups is 1. The van der Waals surface area contributed by atoms with Gasteiger partial charge in [-0.3, -0.25) is 4.79 Å². The average molecular weight is 459 g/mol. The minimum atomic E-state index is 0.0131. The van der Waals surface area contributed by atoms with Crippen LogP contribution in [0.25, 0.3) is 0 Å². The molecule has 4 atom stereocenters. The zero-order chi connectivity index (χ0) is 22.8. The molecule has 4 unspecified atom stereocenters. The van der Waals surface area contributed by atoms with Crippen LogP contribution in [0.4, 0.5) is 0 Å². The van der Waals surface area contributed by atoms with E-state index in [1.807, 2.05) is 21.6 Å². The summed E-state index contributed by atoms with van der Waals surface area (Å²) in [7, 11) is 4.03. The second-order valence-electron chi connectivity index (χ2n) is 12.2. The Bertz CT molecular complexity index is 472. The van der Waals surface area contributed by atoms with E-state index < -0.39 is 0 Å². The lowest BCUT2D eigenvalue weighted by Crippen LogP contribution is -2.25. The lowest BCUT2D eigenvalue weighted by Gasteiger charge is -2.31. The van der Waals surface area contributed by atoms with Crippen molar-refractivity contribution in [3.05, 3.63) is 0 Å². The molecule has 1 aliphatic rings. The zero-order valence-corrected chi connectivity index (χ0v) is 22.9. The van der Waals surface area contributed by atoms with Gasteiger partial charge in [0.25, 0.3) is 0 Å². The molecule has 178 valence electrons. The molecule has 0 amide bonds. The number of unbranched alkanes of at least 4 members (excludes halogenated alkanes) is 1. The third-order valence-corrected chi connectivity index (χ3v) is 9.08. The van der Waals surface area contributed by atoms with Gasteiger partial charge in [0, 0.05) is 17.4 Å². The maximum atomic E-state index is 12.3. The Balaban J connectivity index is 2.41. The quantitative estimate of drug-likeness (QED) is 0.156. The summed E-state index contributed by atoms with van der Waals surface area (Å²) in [6, 6.07) is 0. The predicted octanol–water partition coefficient (Wildman–Crippen LogP) is 8.78. The molecule has 1 heterocycles. The van der Waals surface area contributed by atoms with Gasteiger partial charge in [0.15, 0.2) is 0 Å². The van der Waals surface area contributed by atoms with Crippen molar-refractivity contribution in [2.24, 2.45) is 28.6 Å². The average Bonchev–Trinajstić information content (AvgIpc) is 3.08. The fourth-order valence-corrected chi connectivity index (χ4v) is 7.82. The van der Waals surface area contributed by atoms with Crippen molar-refractivity contribution in [1.29, 1.82) is 0 Å². The number of esters is 1. The van der Waals surface area contributed by atoms with Crippen molar-refractivity contribution >= 4 is 27.6 Å². The first-order valence-corrected chi connectivity index (χ1v) is 14.7. The summed E-state index contributed by atoms with van der Waals surface area (Å²) in [5.41, 5.74) is 0.698. The Hall–Kier alpha value is 0.170. The van der Waals surface area contributed by atoms with E-state index >= 15 is 0 Å². The highest BCUT2D eigenvalue weighted by Crippen LogP contribution is 2.40. The molecule has 4 heteroatoms. The van der Waals surface area contributed by atoms with Gasteiger partial charge in [-0.15, -0.1) is 0 Å². The fraction of sp³-hybridized carbons (Fsp3) is 0.962. The minimum absolute atomic E-state index is 0.0131. The van der Waals surface area contributed by atoms with Crippen LogP contribution in [0.3, 0.4) is 0 Å². The summed E-state index contributed by atoms with van der Waals surface area (Å²) >= 11 is 0. The molecule has 0 aromatic heterocycles. The molecule has 2 nitrogen and oxygen atoms in total. The molecule has 0 aliphatic carbocycles. The molecular formula is C26H50O2S2. The summed E-state index contributed by atoms with van der Waals surface area (Å²) in [4.78, 5) is 12.3. The molecule has 1 aliphatic heterocycles. The summed E-state index contributed by atoms with van der Waals surface area (Å²) in [6.45, 7) is 19.3. The van der Waals surface area contributed by atoms with Crippen LogP contribution in [0.15, 0.2) is 0 Å². The maximum absolute atomic E-state index is 12.3. The van der Waals surface area contributed by atoms with Gasteiger partial charge in [-0.05, 0) is 67.1 Å². The van der Waals surface area contributed by atoms with Crippen LogP contribution in [-0.2, 0) is 9.53 Å². The first kappa shape index (κ1) is 28.2. The smallest absolute Gasteiger partial charge is 0.305 e. The van der Waals surface area contributed by atoms with E-state index in [1.54, 1.807) is 0 Å². The standard InChI is InChI=1S/C26H50O2S2/c1-20(17-25(3,4)5)13-14-22(21(2)18-26(6,7)8)19-28-24(27)12-10-9-11-23-15-16-29-30-23/h20-23H,9-19H2,1-8H3. The minimum Gasteiger partial charge on any atom is -0.465 e. The summed E-state index contributed by atoms with van der Waals surface area (Å²) in [5, 5.41) is 0.809. The van der Waals surface area contributed by atoms with Gasteiger partial charge in [0.1, 0.15) is 0 Å². The molecule has 0 aromatic rings. The third-order valence-electron chi connectivity index (χ3n) is 6.07. The highest BCUT2D eigenvalue weighted by Gasteiger charge is 2.25. The highest BCUT2D eigenvalue weighted by molar-refractivity contribution is 8.77. The van der Waals surface area contributed by atoms with Crippen molar-refractivity contribution in [3.63, 3.8) is 0 Å². The molecule has 1 fully saturated rings. The number of ether oxygens (including phenoxy) is 1. The molecule has 0 spiro atoms. The van der Waals surface area contributed by atoms with E-state index in [0.29, 0.717) is 35.7 Å². The van der Waals surface area contributed by atoms with Gasteiger partial charge in [0.2, 0.25) is 0 Å². The van der Waals surface area contributed by atoms with E-state index in [9.17, 15) is 4.79 Å². The summed E-state index contributed by atoms with van der Waals surface area (Å²) < 4.78 is 5.80. The van der Waals surface area contributed by atoms with E-state index in [4.69, 9.17) is 4.74 Å². The second kappa shape index (κ2) is 13.7. The van der Waals surface area contributed by atoms with Crippen molar-refractivity contribution in [2.45, 2.75) is 118 Å². The lowest BCUT2D eigenvalue weighted by molar-refractivity contribution is -0.145. The molecule has 0 radical (unpaired) electrons. The SMILES string of the molecule is CC(CCC(COC(=O)CCCCC1CCSS1)C(C)CC(C)(C)C)CC(C)(C)C. The lowest BCUT2D eigenvalue weighted by atomic mass is 9.76. The Kier molecular flexibility index (Phi) is 12.8. The monoisotopic (exact) mass is 458 g/mol. The van der Waals surface area contributed by atoms with Crippen LogP contribution in [0.1, 0.15) is 113 Å². The Morgan fingerprint density at radius 3 is 2.23 bits per heavy atom. The van der Waals surface area contributed by atoms with Crippen LogP contribution in [0.2, 0.25) is 0 Å². The van der Waals surface area contributed by atoms with Crippen LogP contribution in [0, 0.1) is 28.6 Å². The summed E-state index contributed by atoms with van der Waals surface area (Å²) in [5.74, 6) is 3.08. The Morgan fingerprint density at radius 2 is 1.67 bits per heavy atom. The number of carbonyl (C=O) groups excluding carboxylic acids is 1. The molecule has 30 heavy (non-hydrogen) atoms. The topological polar surface area (TPSA) is 26.3 Å². The van der Waals surface area contributed by atoms with E-state index in [1.165, 1.54) is 44.3 Å². The maximum Gasteiger partial charge on any atom is 0.305 e. The van der Waals surface area contributed by atoms with E-state index in [2.05, 4.69) is 55.4 Å². The summed E-state index contributed by atoms with van der Waals surface area (Å²) in [6.07, 6.45) is 10.1. The predicted molar refractivity (Wildman–Crippen MR) is 137 cm³/mol. The van der Waals surface area contributed by atoms with Crippen molar-refractivity contribution in [1.82, 2.24) is 0 Å². The molecule has 1 rings (SSSR count). The van der Waals surface area contributed by atoms with Gasteiger partial charge < -0.3 is 4.74 Å². The molecular weight excluding hydrogens is 408 g/mol. The first-order valence-electron chi connectivity index (χ1n) is 12.3. The second-order valence-corrected chi connectivity index (χ2v) is 15.0. The molecule has 0 bridgehead atoms. The Labute approximate surface area is 196 Å². The van der Waals surface area contributed by atoms with Gasteiger partial charge in [-0.25, -0.2) is 0 Å². The molecule has 1 saturated heterocycles. The fourth-order valence-electron chi connectivity index (χ4n) is 4.79. The molecule has 0 saturated carbocycles. The first-order chi connectivity index (χ1) is 13.9. The van der Waals surface area contributed by atoms with Crippen LogP contribution in [0.5, 0.6) is 0 Å². The van der Waals surface area contributed by atoms with Crippen molar-refractivity contribution < 1.29 is 9.53 Å². The normalized spacial score (nSPS) is 20.7. The number of hydrogen-bond acceptors (Lipinski definition) is 4. The number of hydrogen-bond donors (Lipinski definition) is 0. The molecule has 0 N–H and O–H groups in total. The van der Waals surface area contributed by atoms with E-state index in [-0.39, 0.29) is 5.97 Å². The van der Waals surface area contributed by atoms with E-state index in [0.717, 1.165) is 24.0 Å². The Morgan fingerprint density at radius 1 is 1.00 bits per heavy atom. The van der Waals surface area contributed by atoms with Gasteiger partial charge in [-0.1, -0.05) is 89.8 Å². The molecule has 0 aromatic carbocycles. The van der Waals surface area contributed by atoms with Crippen molar-refractivity contribution in [2.75, 3.05) is 12.4 Å². The zero-order valence-electron chi connectivity index (χ0n) is 21.2.